The molecule has 1 aliphatic rings. The summed E-state index contributed by atoms with van der Waals surface area (Å²) in [4.78, 5) is 0. The maximum absolute atomic E-state index is 12.0. The van der Waals surface area contributed by atoms with Crippen molar-refractivity contribution in [3.05, 3.63) is 0 Å². The Morgan fingerprint density at radius 3 is 2.50 bits per heavy atom. The number of hydrogen-bond donors (Lipinski definition) is 2. The third-order valence-corrected chi connectivity index (χ3v) is 4.66. The van der Waals surface area contributed by atoms with Gasteiger partial charge < -0.3 is 5.73 Å². The number of piperidine rings is 1. The van der Waals surface area contributed by atoms with Gasteiger partial charge in [-0.1, -0.05) is 0 Å². The van der Waals surface area contributed by atoms with Crippen molar-refractivity contribution in [2.75, 3.05) is 19.6 Å². The van der Waals surface area contributed by atoms with Gasteiger partial charge in [0.2, 0.25) is 0 Å². The lowest BCUT2D eigenvalue weighted by Crippen LogP contribution is -2.52. The first-order chi connectivity index (χ1) is 8.15. The van der Waals surface area contributed by atoms with Crippen LogP contribution in [0.1, 0.15) is 19.8 Å². The maximum atomic E-state index is 12.0. The smallest absolute Gasteiger partial charge is 0.330 e. The second-order valence-electron chi connectivity index (χ2n) is 4.54. The third kappa shape index (κ3) is 4.38. The van der Waals surface area contributed by atoms with E-state index in [-0.39, 0.29) is 18.5 Å². The fourth-order valence-corrected chi connectivity index (χ4v) is 3.43. The van der Waals surface area contributed by atoms with Crippen molar-refractivity contribution in [1.82, 2.24) is 9.03 Å². The highest BCUT2D eigenvalue weighted by molar-refractivity contribution is 7.87. The summed E-state index contributed by atoms with van der Waals surface area (Å²) in [5.41, 5.74) is 5.48. The van der Waals surface area contributed by atoms with Crippen molar-refractivity contribution in [2.45, 2.75) is 32.0 Å². The molecule has 0 aromatic heterocycles. The number of rotatable bonds is 4. The Bertz CT molecular complexity index is 372. The van der Waals surface area contributed by atoms with Gasteiger partial charge in [-0.15, -0.1) is 0 Å². The molecule has 1 rings (SSSR count). The van der Waals surface area contributed by atoms with E-state index < -0.39 is 22.9 Å². The van der Waals surface area contributed by atoms with E-state index in [9.17, 15) is 21.6 Å². The first-order valence-corrected chi connectivity index (χ1v) is 7.13. The summed E-state index contributed by atoms with van der Waals surface area (Å²) in [5, 5.41) is 0. The molecule has 2 unspecified atom stereocenters. The van der Waals surface area contributed by atoms with Gasteiger partial charge in [-0.25, -0.2) is 0 Å². The summed E-state index contributed by atoms with van der Waals surface area (Å²) in [7, 11) is -4.10. The lowest BCUT2D eigenvalue weighted by molar-refractivity contribution is -0.121. The van der Waals surface area contributed by atoms with Gasteiger partial charge in [0.25, 0.3) is 10.2 Å². The Labute approximate surface area is 105 Å². The summed E-state index contributed by atoms with van der Waals surface area (Å²) in [5.74, 6) is 0.00339. The second-order valence-corrected chi connectivity index (χ2v) is 6.25. The molecule has 1 fully saturated rings. The van der Waals surface area contributed by atoms with Crippen molar-refractivity contribution in [2.24, 2.45) is 11.7 Å². The lowest BCUT2D eigenvalue weighted by atomic mass is 9.96. The van der Waals surface area contributed by atoms with Crippen LogP contribution in [0.3, 0.4) is 0 Å². The molecule has 1 heterocycles. The highest BCUT2D eigenvalue weighted by Gasteiger charge is 2.36. The standard InChI is InChI=1S/C9H18F3N3O2S/c1-7-2-3-8(4-13)5-15(7)18(16,17)14-6-9(10,11)12/h7-8,14H,2-6,13H2,1H3. The molecule has 2 atom stereocenters. The number of alkyl halides is 3. The molecule has 0 aromatic rings. The van der Waals surface area contributed by atoms with E-state index in [0.29, 0.717) is 13.0 Å². The Kier molecular flexibility index (Phi) is 4.98. The average Bonchev–Trinajstić information content (AvgIpc) is 2.26. The average molecular weight is 289 g/mol. The van der Waals surface area contributed by atoms with Crippen LogP contribution in [0.4, 0.5) is 13.2 Å². The topological polar surface area (TPSA) is 75.4 Å². The normalized spacial score (nSPS) is 27.4. The minimum absolute atomic E-state index is 0.00339. The molecule has 0 bridgehead atoms. The highest BCUT2D eigenvalue weighted by atomic mass is 32.2. The van der Waals surface area contributed by atoms with Crippen LogP contribution in [0, 0.1) is 5.92 Å². The maximum Gasteiger partial charge on any atom is 0.402 e. The third-order valence-electron chi connectivity index (χ3n) is 3.02. The molecular weight excluding hydrogens is 271 g/mol. The number of nitrogens with two attached hydrogens (primary N) is 1. The Morgan fingerprint density at radius 2 is 2.00 bits per heavy atom. The predicted molar refractivity (Wildman–Crippen MR) is 60.9 cm³/mol. The minimum Gasteiger partial charge on any atom is -0.330 e. The monoisotopic (exact) mass is 289 g/mol. The molecular formula is C9H18F3N3O2S. The van der Waals surface area contributed by atoms with Gasteiger partial charge in [-0.3, -0.25) is 0 Å². The summed E-state index contributed by atoms with van der Waals surface area (Å²) in [6.07, 6.45) is -3.16. The van der Waals surface area contributed by atoms with Gasteiger partial charge in [0.05, 0.1) is 0 Å². The molecule has 0 radical (unpaired) electrons. The van der Waals surface area contributed by atoms with Crippen molar-refractivity contribution in [1.29, 1.82) is 0 Å². The summed E-state index contributed by atoms with van der Waals surface area (Å²) < 4.78 is 62.3. The molecule has 0 saturated carbocycles. The fourth-order valence-electron chi connectivity index (χ4n) is 1.93. The van der Waals surface area contributed by atoms with Crippen LogP contribution in [0.15, 0.2) is 0 Å². The molecule has 0 aliphatic carbocycles. The minimum atomic E-state index is -4.56. The summed E-state index contributed by atoms with van der Waals surface area (Å²) >= 11 is 0. The van der Waals surface area contributed by atoms with E-state index in [1.54, 1.807) is 11.6 Å². The zero-order valence-corrected chi connectivity index (χ0v) is 10.9. The van der Waals surface area contributed by atoms with Gasteiger partial charge in [0.15, 0.2) is 0 Å². The van der Waals surface area contributed by atoms with E-state index in [2.05, 4.69) is 0 Å². The molecule has 0 aromatic carbocycles. The second kappa shape index (κ2) is 5.72. The zero-order chi connectivity index (χ0) is 14.0. The molecule has 1 saturated heterocycles. The number of halogens is 3. The van der Waals surface area contributed by atoms with Crippen molar-refractivity contribution < 1.29 is 21.6 Å². The van der Waals surface area contributed by atoms with Gasteiger partial charge in [-0.05, 0) is 32.2 Å². The molecule has 0 amide bonds. The quantitative estimate of drug-likeness (QED) is 0.788. The molecule has 108 valence electrons. The first-order valence-electron chi connectivity index (χ1n) is 5.69. The molecule has 5 nitrogen and oxygen atoms in total. The first kappa shape index (κ1) is 15.7. The van der Waals surface area contributed by atoms with E-state index in [1.165, 1.54) is 0 Å². The zero-order valence-electron chi connectivity index (χ0n) is 10.1. The van der Waals surface area contributed by atoms with E-state index in [0.717, 1.165) is 10.7 Å². The van der Waals surface area contributed by atoms with Gasteiger partial charge >= 0.3 is 6.18 Å². The van der Waals surface area contributed by atoms with Gasteiger partial charge in [0, 0.05) is 12.6 Å². The van der Waals surface area contributed by atoms with Crippen molar-refractivity contribution in [3.63, 3.8) is 0 Å². The van der Waals surface area contributed by atoms with Crippen LogP contribution in [-0.4, -0.2) is 44.6 Å². The largest absolute Gasteiger partial charge is 0.402 e. The molecule has 1 aliphatic heterocycles. The number of nitrogens with one attached hydrogen (secondary N) is 1. The number of nitrogens with zero attached hydrogens (tertiary/aromatic N) is 1. The highest BCUT2D eigenvalue weighted by Crippen LogP contribution is 2.23. The van der Waals surface area contributed by atoms with Gasteiger partial charge in [-0.2, -0.15) is 30.6 Å². The van der Waals surface area contributed by atoms with Gasteiger partial charge in [0.1, 0.15) is 6.54 Å². The van der Waals surface area contributed by atoms with E-state index in [4.69, 9.17) is 5.73 Å². The van der Waals surface area contributed by atoms with Crippen molar-refractivity contribution in [3.8, 4) is 0 Å². The van der Waals surface area contributed by atoms with Crippen LogP contribution in [0.25, 0.3) is 0 Å². The van der Waals surface area contributed by atoms with Crippen LogP contribution in [0.5, 0.6) is 0 Å². The number of hydrogen-bond acceptors (Lipinski definition) is 3. The van der Waals surface area contributed by atoms with E-state index >= 15 is 0 Å². The SMILES string of the molecule is CC1CCC(CN)CN1S(=O)(=O)NCC(F)(F)F. The van der Waals surface area contributed by atoms with Crippen LogP contribution in [-0.2, 0) is 10.2 Å². The Balaban J connectivity index is 2.70. The summed E-state index contributed by atoms with van der Waals surface area (Å²) in [6.45, 7) is 0.633. The Morgan fingerprint density at radius 1 is 1.39 bits per heavy atom. The van der Waals surface area contributed by atoms with Crippen LogP contribution >= 0.6 is 0 Å². The molecule has 18 heavy (non-hydrogen) atoms. The summed E-state index contributed by atoms with van der Waals surface area (Å²) in [6, 6.07) is -0.307. The fraction of sp³-hybridized carbons (Fsp3) is 1.00. The van der Waals surface area contributed by atoms with Crippen LogP contribution < -0.4 is 10.5 Å². The molecule has 0 spiro atoms. The Hall–Kier alpha value is -0.380. The predicted octanol–water partition coefficient (Wildman–Crippen LogP) is 0.442. The van der Waals surface area contributed by atoms with Crippen molar-refractivity contribution >= 4 is 10.2 Å². The molecule has 3 N–H and O–H groups in total. The molecule has 9 heteroatoms. The lowest BCUT2D eigenvalue weighted by Gasteiger charge is -2.36. The van der Waals surface area contributed by atoms with Crippen LogP contribution in [0.2, 0.25) is 0 Å². The van der Waals surface area contributed by atoms with E-state index in [1.807, 2.05) is 0 Å².